The number of amides is 1. The van der Waals surface area contributed by atoms with Crippen molar-refractivity contribution in [3.8, 4) is 0 Å². The predicted octanol–water partition coefficient (Wildman–Crippen LogP) is 4.01. The summed E-state index contributed by atoms with van der Waals surface area (Å²) in [6, 6.07) is 28.7. The van der Waals surface area contributed by atoms with Gasteiger partial charge < -0.3 is 5.32 Å². The van der Waals surface area contributed by atoms with E-state index in [0.717, 1.165) is 12.0 Å². The summed E-state index contributed by atoms with van der Waals surface area (Å²) in [5.41, 5.74) is 4.18. The quantitative estimate of drug-likeness (QED) is 0.758. The summed E-state index contributed by atoms with van der Waals surface area (Å²) in [7, 11) is 0. The highest BCUT2D eigenvalue weighted by Gasteiger charge is 2.05. The second-order valence-electron chi connectivity index (χ2n) is 5.45. The third kappa shape index (κ3) is 4.30. The van der Waals surface area contributed by atoms with E-state index in [1.54, 1.807) is 0 Å². The summed E-state index contributed by atoms with van der Waals surface area (Å²) in [6.45, 7) is 0.543. The second kappa shape index (κ2) is 7.41. The first-order valence-corrected chi connectivity index (χ1v) is 7.67. The molecule has 0 saturated heterocycles. The molecule has 0 bridgehead atoms. The van der Waals surface area contributed by atoms with Crippen LogP contribution >= 0.6 is 0 Å². The molecule has 23 heavy (non-hydrogen) atoms. The van der Waals surface area contributed by atoms with Crippen molar-refractivity contribution < 1.29 is 4.79 Å². The summed E-state index contributed by atoms with van der Waals surface area (Å²) in [5.74, 6) is -0.0477. The monoisotopic (exact) mass is 300 g/mol. The average Bonchev–Trinajstić information content (AvgIpc) is 2.62. The topological polar surface area (TPSA) is 29.1 Å². The van der Waals surface area contributed by atoms with Crippen LogP contribution in [0.5, 0.6) is 0 Å². The van der Waals surface area contributed by atoms with E-state index < -0.39 is 0 Å². The van der Waals surface area contributed by atoms with E-state index in [4.69, 9.17) is 0 Å². The minimum Gasteiger partial charge on any atom is -0.348 e. The van der Waals surface area contributed by atoms with Crippen molar-refractivity contribution in [3.63, 3.8) is 0 Å². The summed E-state index contributed by atoms with van der Waals surface area (Å²) in [5, 5.41) is 2.94. The molecule has 0 unspecified atom stereocenters. The Bertz CT molecular complexity index is 749. The fourth-order valence-corrected chi connectivity index (χ4v) is 2.43. The van der Waals surface area contributed by atoms with Crippen molar-refractivity contribution >= 4 is 5.91 Å². The molecule has 3 aromatic carbocycles. The van der Waals surface area contributed by atoms with Crippen LogP contribution in [-0.2, 0) is 13.0 Å². The molecule has 1 radical (unpaired) electrons. The van der Waals surface area contributed by atoms with E-state index in [-0.39, 0.29) is 5.91 Å². The third-order valence-electron chi connectivity index (χ3n) is 3.69. The molecule has 0 aliphatic carbocycles. The van der Waals surface area contributed by atoms with Crippen molar-refractivity contribution in [1.29, 1.82) is 0 Å². The maximum absolute atomic E-state index is 12.2. The Balaban J connectivity index is 1.59. The van der Waals surface area contributed by atoms with E-state index in [1.807, 2.05) is 72.8 Å². The molecule has 0 heterocycles. The molecular formula is C21H18NO. The fraction of sp³-hybridized carbons (Fsp3) is 0.0952. The predicted molar refractivity (Wildman–Crippen MR) is 92.1 cm³/mol. The van der Waals surface area contributed by atoms with Gasteiger partial charge in [-0.1, -0.05) is 66.7 Å². The Morgan fingerprint density at radius 1 is 0.826 bits per heavy atom. The number of hydrogen-bond acceptors (Lipinski definition) is 1. The van der Waals surface area contributed by atoms with Gasteiger partial charge in [0.15, 0.2) is 0 Å². The summed E-state index contributed by atoms with van der Waals surface area (Å²) < 4.78 is 0. The van der Waals surface area contributed by atoms with Crippen LogP contribution in [0, 0.1) is 6.07 Å². The van der Waals surface area contributed by atoms with Gasteiger partial charge in [-0.3, -0.25) is 4.79 Å². The Morgan fingerprint density at radius 2 is 1.57 bits per heavy atom. The van der Waals surface area contributed by atoms with Gasteiger partial charge >= 0.3 is 0 Å². The molecule has 3 rings (SSSR count). The molecule has 0 spiro atoms. The lowest BCUT2D eigenvalue weighted by atomic mass is 10.0. The SMILES string of the molecule is O=C(NCc1ccccc1)c1ccc(Cc2c[c]ccc2)cc1. The number of hydrogen-bond donors (Lipinski definition) is 1. The molecule has 3 aromatic rings. The smallest absolute Gasteiger partial charge is 0.251 e. The number of benzene rings is 3. The van der Waals surface area contributed by atoms with Crippen LogP contribution in [0.2, 0.25) is 0 Å². The first-order valence-electron chi connectivity index (χ1n) is 7.67. The highest BCUT2D eigenvalue weighted by Crippen LogP contribution is 2.11. The molecule has 0 atom stereocenters. The van der Waals surface area contributed by atoms with Crippen LogP contribution < -0.4 is 5.32 Å². The van der Waals surface area contributed by atoms with Crippen molar-refractivity contribution in [2.24, 2.45) is 0 Å². The van der Waals surface area contributed by atoms with Gasteiger partial charge in [-0.2, -0.15) is 0 Å². The maximum Gasteiger partial charge on any atom is 0.251 e. The van der Waals surface area contributed by atoms with Gasteiger partial charge in [0.25, 0.3) is 5.91 Å². The zero-order valence-electron chi connectivity index (χ0n) is 12.8. The lowest BCUT2D eigenvalue weighted by Gasteiger charge is -2.07. The van der Waals surface area contributed by atoms with Crippen molar-refractivity contribution in [1.82, 2.24) is 5.32 Å². The minimum atomic E-state index is -0.0477. The molecule has 0 aliphatic heterocycles. The van der Waals surface area contributed by atoms with E-state index in [1.165, 1.54) is 11.1 Å². The lowest BCUT2D eigenvalue weighted by molar-refractivity contribution is 0.0951. The molecule has 2 nitrogen and oxygen atoms in total. The largest absolute Gasteiger partial charge is 0.348 e. The molecule has 1 amide bonds. The number of nitrogens with one attached hydrogen (secondary N) is 1. The summed E-state index contributed by atoms with van der Waals surface area (Å²) in [4.78, 5) is 12.2. The molecule has 0 aliphatic rings. The van der Waals surface area contributed by atoms with Crippen LogP contribution in [0.25, 0.3) is 0 Å². The maximum atomic E-state index is 12.2. The third-order valence-corrected chi connectivity index (χ3v) is 3.69. The molecule has 0 aromatic heterocycles. The van der Waals surface area contributed by atoms with Gasteiger partial charge in [0.2, 0.25) is 0 Å². The van der Waals surface area contributed by atoms with Gasteiger partial charge in [-0.25, -0.2) is 0 Å². The lowest BCUT2D eigenvalue weighted by Crippen LogP contribution is -2.22. The molecular weight excluding hydrogens is 282 g/mol. The normalized spacial score (nSPS) is 10.3. The van der Waals surface area contributed by atoms with Gasteiger partial charge in [0.1, 0.15) is 0 Å². The van der Waals surface area contributed by atoms with Crippen molar-refractivity contribution in [2.45, 2.75) is 13.0 Å². The van der Waals surface area contributed by atoms with Crippen molar-refractivity contribution in [3.05, 3.63) is 107 Å². The number of carbonyl (C=O) groups is 1. The number of carbonyl (C=O) groups excluding carboxylic acids is 1. The first-order chi connectivity index (χ1) is 11.3. The van der Waals surface area contributed by atoms with Crippen molar-refractivity contribution in [2.75, 3.05) is 0 Å². The molecule has 0 fully saturated rings. The minimum absolute atomic E-state index is 0.0477. The zero-order chi connectivity index (χ0) is 15.9. The number of rotatable bonds is 5. The second-order valence-corrected chi connectivity index (χ2v) is 5.45. The van der Waals surface area contributed by atoms with Crippen LogP contribution in [0.1, 0.15) is 27.0 Å². The summed E-state index contributed by atoms with van der Waals surface area (Å²) in [6.07, 6.45) is 0.850. The summed E-state index contributed by atoms with van der Waals surface area (Å²) >= 11 is 0. The van der Waals surface area contributed by atoms with Gasteiger partial charge in [0, 0.05) is 12.1 Å². The van der Waals surface area contributed by atoms with Crippen LogP contribution in [0.3, 0.4) is 0 Å². The van der Waals surface area contributed by atoms with E-state index >= 15 is 0 Å². The van der Waals surface area contributed by atoms with Crippen LogP contribution in [-0.4, -0.2) is 5.91 Å². The standard InChI is InChI=1S/C21H18NO/c23-21(22-16-19-9-5-2-6-10-19)20-13-11-18(12-14-20)15-17-7-3-1-4-8-17/h1-3,5-14H,15-16H2,(H,22,23). The fourth-order valence-electron chi connectivity index (χ4n) is 2.43. The highest BCUT2D eigenvalue weighted by atomic mass is 16.1. The van der Waals surface area contributed by atoms with Gasteiger partial charge in [-0.15, -0.1) is 0 Å². The van der Waals surface area contributed by atoms with Crippen LogP contribution in [0.15, 0.2) is 78.9 Å². The molecule has 2 heteroatoms. The molecule has 113 valence electrons. The average molecular weight is 300 g/mol. The van der Waals surface area contributed by atoms with E-state index in [0.29, 0.717) is 12.1 Å². The molecule has 1 N–H and O–H groups in total. The van der Waals surface area contributed by atoms with Crippen LogP contribution in [0.4, 0.5) is 0 Å². The Labute approximate surface area is 136 Å². The zero-order valence-corrected chi connectivity index (χ0v) is 12.8. The highest BCUT2D eigenvalue weighted by molar-refractivity contribution is 5.94. The van der Waals surface area contributed by atoms with E-state index in [9.17, 15) is 4.79 Å². The van der Waals surface area contributed by atoms with Gasteiger partial charge in [0.05, 0.1) is 0 Å². The van der Waals surface area contributed by atoms with E-state index in [2.05, 4.69) is 17.4 Å². The Morgan fingerprint density at radius 3 is 2.26 bits per heavy atom. The Hall–Kier alpha value is -2.87. The first kappa shape index (κ1) is 15.0. The molecule has 0 saturated carbocycles. The Kier molecular flexibility index (Phi) is 4.85. The van der Waals surface area contributed by atoms with Gasteiger partial charge in [-0.05, 0) is 41.3 Å².